The maximum atomic E-state index is 2.28. The number of fused-ring (bicyclic) bond motifs is 2. The predicted octanol–water partition coefficient (Wildman–Crippen LogP) is 4.58. The molecule has 0 atom stereocenters. The summed E-state index contributed by atoms with van der Waals surface area (Å²) in [6.45, 7) is 2.21. The molecule has 78 valence electrons. The minimum Gasteiger partial charge on any atom is -0.0801 e. The van der Waals surface area contributed by atoms with Crippen LogP contribution >= 0.6 is 0 Å². The second kappa shape index (κ2) is 3.64. The summed E-state index contributed by atoms with van der Waals surface area (Å²) in [6, 6.07) is 10.9. The first-order chi connectivity index (χ1) is 7.86. The Hall–Kier alpha value is -1.82. The Bertz CT molecular complexity index is 601. The molecule has 0 unspecified atom stereocenters. The Labute approximate surface area is 95.9 Å². The van der Waals surface area contributed by atoms with Gasteiger partial charge in [0.15, 0.2) is 0 Å². The average Bonchev–Trinajstić information content (AvgIpc) is 2.55. The summed E-state index contributed by atoms with van der Waals surface area (Å²) >= 11 is 0. The Balaban J connectivity index is 2.43. The van der Waals surface area contributed by atoms with Crippen LogP contribution in [0.25, 0.3) is 22.9 Å². The van der Waals surface area contributed by atoms with Crippen LogP contribution in [0.15, 0.2) is 42.5 Å². The highest BCUT2D eigenvalue weighted by Gasteiger charge is 2.06. The fourth-order valence-electron chi connectivity index (χ4n) is 2.39. The summed E-state index contributed by atoms with van der Waals surface area (Å²) in [6.07, 6.45) is 9.96. The first-order valence-corrected chi connectivity index (χ1v) is 5.72. The van der Waals surface area contributed by atoms with Gasteiger partial charge in [0, 0.05) is 0 Å². The van der Waals surface area contributed by atoms with Crippen LogP contribution in [0.4, 0.5) is 0 Å². The van der Waals surface area contributed by atoms with E-state index in [1.165, 1.54) is 27.5 Å². The van der Waals surface area contributed by atoms with Crippen molar-refractivity contribution in [2.45, 2.75) is 13.3 Å². The van der Waals surface area contributed by atoms with E-state index in [2.05, 4.69) is 61.6 Å². The number of hydrogen-bond donors (Lipinski definition) is 0. The monoisotopic (exact) mass is 206 g/mol. The van der Waals surface area contributed by atoms with Crippen molar-refractivity contribution >= 4 is 22.9 Å². The van der Waals surface area contributed by atoms with Crippen LogP contribution in [0.2, 0.25) is 0 Å². The summed E-state index contributed by atoms with van der Waals surface area (Å²) in [5.74, 6) is 0. The van der Waals surface area contributed by atoms with Crippen molar-refractivity contribution < 1.29 is 0 Å². The zero-order valence-corrected chi connectivity index (χ0v) is 9.40. The van der Waals surface area contributed by atoms with Gasteiger partial charge in [-0.1, -0.05) is 48.6 Å². The molecule has 0 fully saturated rings. The number of aryl methyl sites for hydroxylation is 1. The summed E-state index contributed by atoms with van der Waals surface area (Å²) in [7, 11) is 0. The molecule has 0 heteroatoms. The third-order valence-corrected chi connectivity index (χ3v) is 3.24. The molecule has 0 saturated carbocycles. The third-order valence-electron chi connectivity index (χ3n) is 3.24. The lowest BCUT2D eigenvalue weighted by Gasteiger charge is -2.09. The van der Waals surface area contributed by atoms with E-state index in [0.29, 0.717) is 0 Å². The lowest BCUT2D eigenvalue weighted by Crippen LogP contribution is -1.88. The van der Waals surface area contributed by atoms with Gasteiger partial charge in [-0.15, -0.1) is 0 Å². The van der Waals surface area contributed by atoms with E-state index >= 15 is 0 Å². The van der Waals surface area contributed by atoms with Crippen molar-refractivity contribution in [1.82, 2.24) is 0 Å². The molecule has 0 amide bonds. The molecule has 0 bridgehead atoms. The molecule has 16 heavy (non-hydrogen) atoms. The van der Waals surface area contributed by atoms with E-state index in [4.69, 9.17) is 0 Å². The Morgan fingerprint density at radius 3 is 2.75 bits per heavy atom. The van der Waals surface area contributed by atoms with Gasteiger partial charge in [0.05, 0.1) is 0 Å². The summed E-state index contributed by atoms with van der Waals surface area (Å²) < 4.78 is 0. The quantitative estimate of drug-likeness (QED) is 0.592. The van der Waals surface area contributed by atoms with E-state index < -0.39 is 0 Å². The molecule has 1 aliphatic rings. The maximum absolute atomic E-state index is 2.28. The fourth-order valence-corrected chi connectivity index (χ4v) is 2.39. The molecular formula is C16H14. The molecule has 0 spiro atoms. The maximum Gasteiger partial charge on any atom is -0.0148 e. The topological polar surface area (TPSA) is 0 Å². The fraction of sp³-hybridized carbons (Fsp3) is 0.125. The first-order valence-electron chi connectivity index (χ1n) is 5.72. The van der Waals surface area contributed by atoms with Crippen LogP contribution in [0.1, 0.15) is 23.1 Å². The molecular weight excluding hydrogens is 192 g/mol. The Morgan fingerprint density at radius 2 is 1.81 bits per heavy atom. The minimum absolute atomic E-state index is 1.03. The summed E-state index contributed by atoms with van der Waals surface area (Å²) in [5.41, 5.74) is 4.09. The van der Waals surface area contributed by atoms with Crippen molar-refractivity contribution in [3.8, 4) is 0 Å². The van der Waals surface area contributed by atoms with Gasteiger partial charge in [-0.05, 0) is 46.9 Å². The van der Waals surface area contributed by atoms with Gasteiger partial charge in [-0.2, -0.15) is 0 Å². The van der Waals surface area contributed by atoms with E-state index in [-0.39, 0.29) is 0 Å². The van der Waals surface area contributed by atoms with Crippen LogP contribution in [-0.2, 0) is 0 Å². The normalized spacial score (nSPS) is 13.8. The lowest BCUT2D eigenvalue weighted by atomic mass is 9.95. The number of benzene rings is 2. The standard InChI is InChI=1S/C16H14/c1-12-15-9-4-2-3-7-13(15)11-14-8-5-6-10-16(12)14/h3-11H,2H2,1H3. The zero-order valence-electron chi connectivity index (χ0n) is 9.40. The SMILES string of the molecule is Cc1c2c(cc3ccccc13)C=CCC=C2. The predicted molar refractivity (Wildman–Crippen MR) is 71.4 cm³/mol. The molecule has 2 aromatic rings. The molecule has 0 saturated heterocycles. The average molecular weight is 206 g/mol. The van der Waals surface area contributed by atoms with Crippen molar-refractivity contribution in [3.05, 3.63) is 59.2 Å². The molecule has 0 heterocycles. The van der Waals surface area contributed by atoms with Crippen molar-refractivity contribution in [2.75, 3.05) is 0 Å². The van der Waals surface area contributed by atoms with E-state index in [1.807, 2.05) is 0 Å². The van der Waals surface area contributed by atoms with Crippen molar-refractivity contribution in [3.63, 3.8) is 0 Å². The zero-order chi connectivity index (χ0) is 11.0. The van der Waals surface area contributed by atoms with Crippen LogP contribution in [0, 0.1) is 6.92 Å². The molecule has 0 nitrogen and oxygen atoms in total. The molecule has 3 rings (SSSR count). The first kappa shape index (κ1) is 9.41. The minimum atomic E-state index is 1.03. The second-order valence-corrected chi connectivity index (χ2v) is 4.27. The van der Waals surface area contributed by atoms with Crippen LogP contribution < -0.4 is 0 Å². The van der Waals surface area contributed by atoms with Gasteiger partial charge in [0.25, 0.3) is 0 Å². The lowest BCUT2D eigenvalue weighted by molar-refractivity contribution is 1.43. The summed E-state index contributed by atoms with van der Waals surface area (Å²) in [5, 5.41) is 2.69. The molecule has 0 aromatic heterocycles. The molecule has 0 aliphatic heterocycles. The van der Waals surface area contributed by atoms with Gasteiger partial charge in [-0.25, -0.2) is 0 Å². The number of hydrogen-bond acceptors (Lipinski definition) is 0. The van der Waals surface area contributed by atoms with Crippen LogP contribution in [0.5, 0.6) is 0 Å². The third kappa shape index (κ3) is 1.38. The van der Waals surface area contributed by atoms with Gasteiger partial charge in [-0.3, -0.25) is 0 Å². The molecule has 2 aromatic carbocycles. The highest BCUT2D eigenvalue weighted by Crippen LogP contribution is 2.28. The molecule has 0 N–H and O–H groups in total. The van der Waals surface area contributed by atoms with Crippen molar-refractivity contribution in [1.29, 1.82) is 0 Å². The molecule has 0 radical (unpaired) electrons. The van der Waals surface area contributed by atoms with Crippen molar-refractivity contribution in [2.24, 2.45) is 0 Å². The van der Waals surface area contributed by atoms with Crippen LogP contribution in [0.3, 0.4) is 0 Å². The Kier molecular flexibility index (Phi) is 2.14. The summed E-state index contributed by atoms with van der Waals surface area (Å²) in [4.78, 5) is 0. The Morgan fingerprint density at radius 1 is 1.00 bits per heavy atom. The number of rotatable bonds is 0. The number of allylic oxidation sites excluding steroid dienone is 2. The van der Waals surface area contributed by atoms with Gasteiger partial charge in [0.1, 0.15) is 0 Å². The highest BCUT2D eigenvalue weighted by molar-refractivity contribution is 5.92. The van der Waals surface area contributed by atoms with Gasteiger partial charge < -0.3 is 0 Å². The van der Waals surface area contributed by atoms with E-state index in [1.54, 1.807) is 0 Å². The van der Waals surface area contributed by atoms with Gasteiger partial charge >= 0.3 is 0 Å². The smallest absolute Gasteiger partial charge is 0.0148 e. The largest absolute Gasteiger partial charge is 0.0801 e. The second-order valence-electron chi connectivity index (χ2n) is 4.27. The van der Waals surface area contributed by atoms with Crippen LogP contribution in [-0.4, -0.2) is 0 Å². The van der Waals surface area contributed by atoms with Gasteiger partial charge in [0.2, 0.25) is 0 Å². The molecule has 1 aliphatic carbocycles. The van der Waals surface area contributed by atoms with E-state index in [9.17, 15) is 0 Å². The highest BCUT2D eigenvalue weighted by atomic mass is 14.1. The van der Waals surface area contributed by atoms with E-state index in [0.717, 1.165) is 6.42 Å².